The van der Waals surface area contributed by atoms with Crippen LogP contribution in [0.3, 0.4) is 0 Å². The van der Waals surface area contributed by atoms with Crippen LogP contribution in [-0.2, 0) is 0 Å². The van der Waals surface area contributed by atoms with E-state index in [1.165, 1.54) is 12.1 Å². The molecule has 0 aliphatic carbocycles. The zero-order chi connectivity index (χ0) is 21.0. The molecule has 0 unspecified atom stereocenters. The van der Waals surface area contributed by atoms with Gasteiger partial charge in [-0.1, -0.05) is 31.0 Å². The number of unbranched alkanes of at least 4 members (excludes halogenated alkanes) is 1. The maximum Gasteiger partial charge on any atom is 0.573 e. The average Bonchev–Trinajstić information content (AvgIpc) is 2.67. The number of rotatable bonds is 4. The van der Waals surface area contributed by atoms with Crippen molar-refractivity contribution < 1.29 is 23.0 Å². The van der Waals surface area contributed by atoms with Crippen LogP contribution in [0.15, 0.2) is 34.3 Å². The van der Waals surface area contributed by atoms with Gasteiger partial charge in [0.25, 0.3) is 0 Å². The summed E-state index contributed by atoms with van der Waals surface area (Å²) < 4.78 is 38.5. The zero-order valence-electron chi connectivity index (χ0n) is 16.7. The average molecular weight is 401 g/mol. The van der Waals surface area contributed by atoms with E-state index in [0.717, 1.165) is 50.3 Å². The summed E-state index contributed by atoms with van der Waals surface area (Å²) in [5, 5.41) is 9.07. The molecular formula is C20H30F3N3O2. The highest BCUT2D eigenvalue weighted by atomic mass is 19.4. The molecule has 2 rings (SSSR count). The topological polar surface area (TPSA) is 57.4 Å². The fourth-order valence-electron chi connectivity index (χ4n) is 2.61. The van der Waals surface area contributed by atoms with Crippen molar-refractivity contribution in [3.05, 3.63) is 29.8 Å². The summed E-state index contributed by atoms with van der Waals surface area (Å²) >= 11 is 0. The molecule has 1 aromatic carbocycles. The predicted molar refractivity (Wildman–Crippen MR) is 106 cm³/mol. The summed E-state index contributed by atoms with van der Waals surface area (Å²) in [5.41, 5.74) is 0.893. The van der Waals surface area contributed by atoms with E-state index in [2.05, 4.69) is 26.5 Å². The smallest absolute Gasteiger partial charge is 0.406 e. The van der Waals surface area contributed by atoms with Crippen LogP contribution in [0.2, 0.25) is 0 Å². The van der Waals surface area contributed by atoms with Crippen molar-refractivity contribution in [1.82, 2.24) is 4.90 Å². The second kappa shape index (κ2) is 12.4. The van der Waals surface area contributed by atoms with Gasteiger partial charge in [-0.2, -0.15) is 0 Å². The number of alkyl halides is 3. The normalized spacial score (nSPS) is 16.1. The van der Waals surface area contributed by atoms with E-state index in [-0.39, 0.29) is 5.75 Å². The van der Waals surface area contributed by atoms with E-state index >= 15 is 0 Å². The molecule has 158 valence electrons. The Balaban J connectivity index is 0.000000292. The molecular weight excluding hydrogens is 371 g/mol. The van der Waals surface area contributed by atoms with Crippen molar-refractivity contribution in [2.45, 2.75) is 45.9 Å². The van der Waals surface area contributed by atoms with E-state index in [0.29, 0.717) is 12.5 Å². The molecule has 1 aliphatic heterocycles. The van der Waals surface area contributed by atoms with E-state index in [1.54, 1.807) is 26.1 Å². The molecule has 28 heavy (non-hydrogen) atoms. The standard InChI is InChI=1S/C12H23N3O.C8H7F3O/c1-3-4-7-14-12(13-2)15-8-5-11(10-16)6-9-15;1-6-2-4-7(5-3-6)12-8(9,10)11/h7,11,16H,3-6,8-10H2,1-2H3;2-5H,1H3/b13-12?,14-7-;. The predicted octanol–water partition coefficient (Wildman–Crippen LogP) is 4.44. The van der Waals surface area contributed by atoms with E-state index < -0.39 is 6.36 Å². The van der Waals surface area contributed by atoms with Gasteiger partial charge in [-0.3, -0.25) is 4.99 Å². The number of benzene rings is 1. The van der Waals surface area contributed by atoms with Crippen LogP contribution in [0.25, 0.3) is 0 Å². The number of ether oxygens (including phenoxy) is 1. The highest BCUT2D eigenvalue weighted by Crippen LogP contribution is 2.22. The van der Waals surface area contributed by atoms with E-state index in [9.17, 15) is 13.2 Å². The highest BCUT2D eigenvalue weighted by molar-refractivity contribution is 5.87. The Morgan fingerprint density at radius 2 is 1.86 bits per heavy atom. The minimum absolute atomic E-state index is 0.187. The number of halogens is 3. The molecule has 1 aliphatic rings. The van der Waals surface area contributed by atoms with Gasteiger partial charge in [0, 0.05) is 33.0 Å². The van der Waals surface area contributed by atoms with Gasteiger partial charge in [-0.25, -0.2) is 4.99 Å². The van der Waals surface area contributed by atoms with Gasteiger partial charge in [0.05, 0.1) is 0 Å². The van der Waals surface area contributed by atoms with Crippen molar-refractivity contribution in [3.63, 3.8) is 0 Å². The molecule has 5 nitrogen and oxygen atoms in total. The van der Waals surface area contributed by atoms with Crippen molar-refractivity contribution in [1.29, 1.82) is 0 Å². The fourth-order valence-corrected chi connectivity index (χ4v) is 2.61. The molecule has 0 radical (unpaired) electrons. The lowest BCUT2D eigenvalue weighted by atomic mass is 9.98. The third-order valence-electron chi connectivity index (χ3n) is 4.23. The fraction of sp³-hybridized carbons (Fsp3) is 0.600. The molecule has 0 bridgehead atoms. The zero-order valence-corrected chi connectivity index (χ0v) is 16.7. The first kappa shape index (κ1) is 23.9. The van der Waals surface area contributed by atoms with Gasteiger partial charge in [0.1, 0.15) is 5.75 Å². The van der Waals surface area contributed by atoms with Crippen molar-refractivity contribution in [2.24, 2.45) is 15.9 Å². The first-order valence-electron chi connectivity index (χ1n) is 9.46. The minimum atomic E-state index is -4.60. The number of aliphatic hydroxyl groups excluding tert-OH is 1. The molecule has 1 heterocycles. The lowest BCUT2D eigenvalue weighted by Gasteiger charge is -2.31. The van der Waals surface area contributed by atoms with Crippen LogP contribution < -0.4 is 4.74 Å². The van der Waals surface area contributed by atoms with Gasteiger partial charge in [-0.15, -0.1) is 13.2 Å². The number of hydrogen-bond acceptors (Lipinski definition) is 3. The summed E-state index contributed by atoms with van der Waals surface area (Å²) in [4.78, 5) is 10.8. The van der Waals surface area contributed by atoms with Gasteiger partial charge in [0.15, 0.2) is 0 Å². The summed E-state index contributed by atoms with van der Waals surface area (Å²) in [6.45, 7) is 6.16. The lowest BCUT2D eigenvalue weighted by molar-refractivity contribution is -0.274. The summed E-state index contributed by atoms with van der Waals surface area (Å²) in [7, 11) is 1.79. The Bertz CT molecular complexity index is 608. The first-order chi connectivity index (χ1) is 13.3. The van der Waals surface area contributed by atoms with E-state index in [1.807, 2.05) is 6.21 Å². The van der Waals surface area contributed by atoms with E-state index in [4.69, 9.17) is 5.11 Å². The third-order valence-corrected chi connectivity index (χ3v) is 4.23. The number of hydrogen-bond donors (Lipinski definition) is 1. The molecule has 0 spiro atoms. The number of aliphatic imine (C=N–C) groups is 2. The Morgan fingerprint density at radius 3 is 2.32 bits per heavy atom. The molecule has 0 atom stereocenters. The van der Waals surface area contributed by atoms with Crippen LogP contribution >= 0.6 is 0 Å². The summed E-state index contributed by atoms with van der Waals surface area (Å²) in [5.74, 6) is 1.12. The maximum atomic E-state index is 11.6. The second-order valence-corrected chi connectivity index (χ2v) is 6.60. The summed E-state index contributed by atoms with van der Waals surface area (Å²) in [6, 6.07) is 5.67. The number of aryl methyl sites for hydroxylation is 1. The largest absolute Gasteiger partial charge is 0.573 e. The van der Waals surface area contributed by atoms with Crippen LogP contribution in [0.4, 0.5) is 13.2 Å². The Hall–Kier alpha value is -2.09. The molecule has 1 aromatic rings. The Labute approximate surface area is 164 Å². The second-order valence-electron chi connectivity index (χ2n) is 6.60. The molecule has 0 amide bonds. The third kappa shape index (κ3) is 9.73. The molecule has 0 saturated carbocycles. The lowest BCUT2D eigenvalue weighted by Crippen LogP contribution is -2.38. The number of guanidine groups is 1. The van der Waals surface area contributed by atoms with Crippen molar-refractivity contribution in [2.75, 3.05) is 26.7 Å². The molecule has 1 N–H and O–H groups in total. The number of piperidine rings is 1. The molecule has 1 fully saturated rings. The summed E-state index contributed by atoms with van der Waals surface area (Å²) in [6.07, 6.45) is 1.55. The van der Waals surface area contributed by atoms with Crippen molar-refractivity contribution in [3.8, 4) is 5.75 Å². The van der Waals surface area contributed by atoms with Gasteiger partial charge >= 0.3 is 6.36 Å². The number of likely N-dealkylation sites (tertiary alicyclic amines) is 1. The van der Waals surface area contributed by atoms with Crippen LogP contribution in [0, 0.1) is 12.8 Å². The van der Waals surface area contributed by atoms with Gasteiger partial charge < -0.3 is 14.7 Å². The Morgan fingerprint density at radius 1 is 1.25 bits per heavy atom. The Kier molecular flexibility index (Phi) is 10.6. The number of nitrogens with zero attached hydrogens (tertiary/aromatic N) is 3. The van der Waals surface area contributed by atoms with Gasteiger partial charge in [-0.05, 0) is 44.2 Å². The molecule has 0 aromatic heterocycles. The SMILES string of the molecule is CCC/C=N\C(=NC)N1CCC(CO)CC1.Cc1ccc(OC(F)(F)F)cc1. The monoisotopic (exact) mass is 401 g/mol. The number of aliphatic hydroxyl groups is 1. The maximum absolute atomic E-state index is 11.6. The van der Waals surface area contributed by atoms with Crippen LogP contribution in [0.1, 0.15) is 38.2 Å². The van der Waals surface area contributed by atoms with Crippen molar-refractivity contribution >= 4 is 12.2 Å². The minimum Gasteiger partial charge on any atom is -0.406 e. The molecule has 8 heteroatoms. The quantitative estimate of drug-likeness (QED) is 0.599. The van der Waals surface area contributed by atoms with Crippen LogP contribution in [0.5, 0.6) is 5.75 Å². The molecule has 1 saturated heterocycles. The highest BCUT2D eigenvalue weighted by Gasteiger charge is 2.30. The van der Waals surface area contributed by atoms with Crippen LogP contribution in [-0.4, -0.2) is 55.3 Å². The first-order valence-corrected chi connectivity index (χ1v) is 9.46. The van der Waals surface area contributed by atoms with Gasteiger partial charge in [0.2, 0.25) is 5.96 Å².